The van der Waals surface area contributed by atoms with Gasteiger partial charge in [-0.3, -0.25) is 0 Å². The molecule has 6 heteroatoms. The molecular formula is C19H21NO5. The summed E-state index contributed by atoms with van der Waals surface area (Å²) in [7, 11) is 0. The second kappa shape index (κ2) is 9.44. The van der Waals surface area contributed by atoms with E-state index in [1.165, 1.54) is 0 Å². The normalized spacial score (nSPS) is 12.7. The van der Waals surface area contributed by atoms with E-state index in [0.29, 0.717) is 5.56 Å². The van der Waals surface area contributed by atoms with Crippen molar-refractivity contribution in [3.8, 4) is 0 Å². The van der Waals surface area contributed by atoms with E-state index in [4.69, 9.17) is 9.47 Å². The lowest BCUT2D eigenvalue weighted by molar-refractivity contribution is -0.148. The Balaban J connectivity index is 2.02. The fourth-order valence-electron chi connectivity index (χ4n) is 2.23. The van der Waals surface area contributed by atoms with Gasteiger partial charge in [0.05, 0.1) is 6.61 Å². The summed E-state index contributed by atoms with van der Waals surface area (Å²) < 4.78 is 10.0. The predicted molar refractivity (Wildman–Crippen MR) is 91.6 cm³/mol. The quantitative estimate of drug-likeness (QED) is 0.755. The van der Waals surface area contributed by atoms with Crippen molar-refractivity contribution < 1.29 is 24.2 Å². The molecule has 0 spiro atoms. The Hall–Kier alpha value is -2.86. The molecule has 0 saturated heterocycles. The summed E-state index contributed by atoms with van der Waals surface area (Å²) in [4.78, 5) is 24.1. The molecule has 1 amide bonds. The highest BCUT2D eigenvalue weighted by Gasteiger charge is 2.31. The highest BCUT2D eigenvalue weighted by molar-refractivity contribution is 5.82. The summed E-state index contributed by atoms with van der Waals surface area (Å²) in [5.74, 6) is -0.726. The SMILES string of the molecule is CCOC(=O)[C@@H](NC(=O)OCc1ccccc1)[C@H](O)c1ccccc1. The fourth-order valence-corrected chi connectivity index (χ4v) is 2.23. The van der Waals surface area contributed by atoms with Gasteiger partial charge >= 0.3 is 12.1 Å². The first-order valence-corrected chi connectivity index (χ1v) is 7.98. The van der Waals surface area contributed by atoms with Gasteiger partial charge in [0.25, 0.3) is 0 Å². The molecule has 2 atom stereocenters. The zero-order chi connectivity index (χ0) is 18.1. The van der Waals surface area contributed by atoms with Crippen LogP contribution in [0.3, 0.4) is 0 Å². The first-order chi connectivity index (χ1) is 12.1. The van der Waals surface area contributed by atoms with E-state index in [2.05, 4.69) is 5.32 Å². The number of amides is 1. The van der Waals surface area contributed by atoms with Crippen LogP contribution >= 0.6 is 0 Å². The van der Waals surface area contributed by atoms with Gasteiger partial charge in [-0.05, 0) is 18.1 Å². The zero-order valence-electron chi connectivity index (χ0n) is 13.9. The Morgan fingerprint density at radius 2 is 1.60 bits per heavy atom. The van der Waals surface area contributed by atoms with Gasteiger partial charge in [0.1, 0.15) is 12.7 Å². The van der Waals surface area contributed by atoms with Gasteiger partial charge in [0.2, 0.25) is 0 Å². The Morgan fingerprint density at radius 3 is 2.20 bits per heavy atom. The molecule has 0 saturated carbocycles. The maximum Gasteiger partial charge on any atom is 0.408 e. The average Bonchev–Trinajstić information content (AvgIpc) is 2.65. The van der Waals surface area contributed by atoms with Crippen molar-refractivity contribution in [2.75, 3.05) is 6.61 Å². The number of ether oxygens (including phenoxy) is 2. The van der Waals surface area contributed by atoms with Crippen molar-refractivity contribution in [2.24, 2.45) is 0 Å². The molecular weight excluding hydrogens is 322 g/mol. The van der Waals surface area contributed by atoms with Crippen molar-refractivity contribution in [2.45, 2.75) is 25.7 Å². The topological polar surface area (TPSA) is 84.9 Å². The molecule has 0 aliphatic heterocycles. The molecule has 0 bridgehead atoms. The highest BCUT2D eigenvalue weighted by Crippen LogP contribution is 2.18. The van der Waals surface area contributed by atoms with E-state index >= 15 is 0 Å². The lowest BCUT2D eigenvalue weighted by Gasteiger charge is -2.22. The molecule has 0 aliphatic rings. The van der Waals surface area contributed by atoms with Gasteiger partial charge in [0, 0.05) is 0 Å². The molecule has 2 aromatic carbocycles. The summed E-state index contributed by atoms with van der Waals surface area (Å²) in [6.07, 6.45) is -2.05. The number of esters is 1. The summed E-state index contributed by atoms with van der Waals surface area (Å²) in [5, 5.41) is 12.8. The van der Waals surface area contributed by atoms with E-state index in [1.54, 1.807) is 37.3 Å². The lowest BCUT2D eigenvalue weighted by Crippen LogP contribution is -2.46. The Morgan fingerprint density at radius 1 is 1.00 bits per heavy atom. The number of benzene rings is 2. The van der Waals surface area contributed by atoms with E-state index in [0.717, 1.165) is 5.56 Å². The molecule has 0 heterocycles. The van der Waals surface area contributed by atoms with Crippen LogP contribution in [0.1, 0.15) is 24.2 Å². The first kappa shape index (κ1) is 18.5. The summed E-state index contributed by atoms with van der Waals surface area (Å²) >= 11 is 0. The van der Waals surface area contributed by atoms with E-state index < -0.39 is 24.2 Å². The number of carbonyl (C=O) groups is 2. The fraction of sp³-hybridized carbons (Fsp3) is 0.263. The van der Waals surface area contributed by atoms with E-state index in [-0.39, 0.29) is 13.2 Å². The van der Waals surface area contributed by atoms with Gasteiger partial charge < -0.3 is 19.9 Å². The van der Waals surface area contributed by atoms with Crippen molar-refractivity contribution in [1.82, 2.24) is 5.32 Å². The van der Waals surface area contributed by atoms with Crippen molar-refractivity contribution in [3.63, 3.8) is 0 Å². The van der Waals surface area contributed by atoms with Crippen LogP contribution in [0.25, 0.3) is 0 Å². The van der Waals surface area contributed by atoms with Crippen LogP contribution in [0.5, 0.6) is 0 Å². The smallest absolute Gasteiger partial charge is 0.408 e. The van der Waals surface area contributed by atoms with E-state index in [9.17, 15) is 14.7 Å². The van der Waals surface area contributed by atoms with Crippen LogP contribution in [-0.2, 0) is 20.9 Å². The molecule has 0 radical (unpaired) electrons. The summed E-state index contributed by atoms with van der Waals surface area (Å²) in [6, 6.07) is 16.5. The molecule has 0 unspecified atom stereocenters. The molecule has 132 valence electrons. The highest BCUT2D eigenvalue weighted by atomic mass is 16.6. The minimum absolute atomic E-state index is 0.0592. The molecule has 6 nitrogen and oxygen atoms in total. The minimum Gasteiger partial charge on any atom is -0.464 e. The maximum atomic E-state index is 12.1. The predicted octanol–water partition coefficient (Wildman–Crippen LogP) is 2.58. The Labute approximate surface area is 146 Å². The Kier molecular flexibility index (Phi) is 6.98. The monoisotopic (exact) mass is 343 g/mol. The van der Waals surface area contributed by atoms with Crippen molar-refractivity contribution in [3.05, 3.63) is 71.8 Å². The van der Waals surface area contributed by atoms with Crippen LogP contribution in [-0.4, -0.2) is 29.8 Å². The number of hydrogen-bond donors (Lipinski definition) is 2. The third kappa shape index (κ3) is 5.61. The van der Waals surface area contributed by atoms with Gasteiger partial charge in [-0.25, -0.2) is 9.59 Å². The van der Waals surface area contributed by atoms with E-state index in [1.807, 2.05) is 30.3 Å². The van der Waals surface area contributed by atoms with Crippen LogP contribution in [0, 0.1) is 0 Å². The van der Waals surface area contributed by atoms with Crippen LogP contribution < -0.4 is 5.32 Å². The Bertz CT molecular complexity index is 675. The van der Waals surface area contributed by atoms with Crippen LogP contribution in [0.15, 0.2) is 60.7 Å². The largest absolute Gasteiger partial charge is 0.464 e. The standard InChI is InChI=1S/C19H21NO5/c1-2-24-18(22)16(17(21)15-11-7-4-8-12-15)20-19(23)25-13-14-9-5-3-6-10-14/h3-12,16-17,21H,2,13H2,1H3,(H,20,23)/t16-,17+/m0/s1. The third-order valence-corrected chi connectivity index (χ3v) is 3.48. The summed E-state index contributed by atoms with van der Waals surface area (Å²) in [6.45, 7) is 1.85. The van der Waals surface area contributed by atoms with Gasteiger partial charge in [-0.2, -0.15) is 0 Å². The second-order valence-corrected chi connectivity index (χ2v) is 5.29. The molecule has 0 aromatic heterocycles. The zero-order valence-corrected chi connectivity index (χ0v) is 13.9. The van der Waals surface area contributed by atoms with Gasteiger partial charge in [-0.1, -0.05) is 60.7 Å². The molecule has 2 aromatic rings. The number of nitrogens with one attached hydrogen (secondary N) is 1. The minimum atomic E-state index is -1.26. The van der Waals surface area contributed by atoms with Crippen LogP contribution in [0.2, 0.25) is 0 Å². The molecule has 0 fully saturated rings. The number of alkyl carbamates (subject to hydrolysis) is 1. The van der Waals surface area contributed by atoms with Crippen molar-refractivity contribution in [1.29, 1.82) is 0 Å². The van der Waals surface area contributed by atoms with Crippen molar-refractivity contribution >= 4 is 12.1 Å². The first-order valence-electron chi connectivity index (χ1n) is 7.98. The average molecular weight is 343 g/mol. The molecule has 2 rings (SSSR count). The number of carbonyl (C=O) groups excluding carboxylic acids is 2. The maximum absolute atomic E-state index is 12.1. The lowest BCUT2D eigenvalue weighted by atomic mass is 10.0. The second-order valence-electron chi connectivity index (χ2n) is 5.29. The number of rotatable bonds is 7. The number of aliphatic hydroxyl groups is 1. The molecule has 25 heavy (non-hydrogen) atoms. The van der Waals surface area contributed by atoms with Gasteiger partial charge in [-0.15, -0.1) is 0 Å². The molecule has 0 aliphatic carbocycles. The van der Waals surface area contributed by atoms with Crippen LogP contribution in [0.4, 0.5) is 4.79 Å². The number of aliphatic hydroxyl groups excluding tert-OH is 1. The summed E-state index contributed by atoms with van der Waals surface area (Å²) in [5.41, 5.74) is 1.30. The third-order valence-electron chi connectivity index (χ3n) is 3.48. The number of hydrogen-bond acceptors (Lipinski definition) is 5. The van der Waals surface area contributed by atoms with Gasteiger partial charge in [0.15, 0.2) is 6.04 Å². The molecule has 2 N–H and O–H groups in total.